The molecule has 4 heavy (non-hydrogen) atoms. The van der Waals surface area contributed by atoms with Gasteiger partial charge in [-0.3, -0.25) is 0 Å². The summed E-state index contributed by atoms with van der Waals surface area (Å²) < 4.78 is 0. The van der Waals surface area contributed by atoms with E-state index in [1.54, 1.807) is 0 Å². The van der Waals surface area contributed by atoms with Gasteiger partial charge >= 0.3 is 0 Å². The van der Waals surface area contributed by atoms with Crippen LogP contribution in [0.5, 0.6) is 0 Å². The van der Waals surface area contributed by atoms with Crippen molar-refractivity contribution >= 4 is 0 Å². The van der Waals surface area contributed by atoms with Crippen LogP contribution in [-0.4, -0.2) is 18.3 Å². The maximum atomic E-state index is 7.75. The number of hydrogen-bond donors (Lipinski definition) is 2. The third kappa shape index (κ3) is 1.92. The zero-order valence-corrected chi connectivity index (χ0v) is 2.44. The predicted molar refractivity (Wildman–Crippen MR) is 18.3 cm³/mol. The van der Waals surface area contributed by atoms with E-state index < -0.39 is 0 Å². The second-order valence-electron chi connectivity index (χ2n) is 0.512. The summed E-state index contributed by atoms with van der Waals surface area (Å²) in [6.45, 7) is 0.472. The summed E-state index contributed by atoms with van der Waals surface area (Å²) in [6, 6.07) is 0. The van der Waals surface area contributed by atoms with Crippen molar-refractivity contribution in [3.05, 3.63) is 0 Å². The number of aliphatic hydroxyl groups excluding tert-OH is 1. The molecule has 0 aliphatic heterocycles. The Morgan fingerprint density at radius 2 is 2.25 bits per heavy atom. The molecule has 2 heteroatoms. The zero-order valence-electron chi connectivity index (χ0n) is 2.44. The van der Waals surface area contributed by atoms with E-state index >= 15 is 0 Å². The van der Waals surface area contributed by atoms with Gasteiger partial charge in [-0.25, -0.2) is 0 Å². The fraction of sp³-hybridized carbons (Fsp3) is 1.00. The molecule has 0 amide bonds. The van der Waals surface area contributed by atoms with E-state index in [1.807, 2.05) is 0 Å². The van der Waals surface area contributed by atoms with Gasteiger partial charge in [0, 0.05) is 7.97 Å². The summed E-state index contributed by atoms with van der Waals surface area (Å²) in [7, 11) is 0. The minimum Gasteiger partial charge on any atom is -0.395 e. The number of hydrogen-bond acceptors (Lipinski definition) is 2. The van der Waals surface area contributed by atoms with Crippen molar-refractivity contribution in [2.45, 2.75) is 0 Å². The van der Waals surface area contributed by atoms with E-state index in [0.29, 0.717) is 6.54 Å². The van der Waals surface area contributed by atoms with E-state index in [1.165, 1.54) is 0 Å². The fourth-order valence-corrected chi connectivity index (χ4v) is 0. The Kier molecular flexibility index (Phi) is 2.86. The predicted octanol–water partition coefficient (Wildman–Crippen LogP) is -0.817. The quantitative estimate of drug-likeness (QED) is 0.418. The lowest BCUT2D eigenvalue weighted by atomic mass is 10.8. The Morgan fingerprint density at radius 3 is 2.25 bits per heavy atom. The molecular formula is C2H9NO. The van der Waals surface area contributed by atoms with Crippen molar-refractivity contribution in [2.75, 3.05) is 13.2 Å². The first-order valence-electron chi connectivity index (χ1n) is 1.22. The molecule has 0 aliphatic carbocycles. The minimum absolute atomic E-state index is 0. The maximum Gasteiger partial charge on any atom is 0.0553 e. The molecule has 0 fully saturated rings. The molecule has 28 valence electrons. The van der Waals surface area contributed by atoms with Crippen LogP contribution in [0.1, 0.15) is 1.43 Å². The van der Waals surface area contributed by atoms with Crippen LogP contribution in [-0.2, 0) is 0 Å². The maximum absolute atomic E-state index is 7.75. The van der Waals surface area contributed by atoms with Crippen molar-refractivity contribution in [3.8, 4) is 0 Å². The molecule has 0 aliphatic rings. The molecule has 2 nitrogen and oxygen atoms in total. The summed E-state index contributed by atoms with van der Waals surface area (Å²) in [6.07, 6.45) is 0. The van der Waals surface area contributed by atoms with Crippen LogP contribution in [0.4, 0.5) is 0 Å². The van der Waals surface area contributed by atoms with Gasteiger partial charge in [0.05, 0.1) is 6.61 Å². The Balaban J connectivity index is 0. The van der Waals surface area contributed by atoms with E-state index in [-0.39, 0.29) is 8.03 Å². The monoisotopic (exact) mass is 63.1 g/mol. The number of rotatable bonds is 1. The van der Waals surface area contributed by atoms with Crippen LogP contribution in [0.3, 0.4) is 0 Å². The first kappa shape index (κ1) is 3.92. The van der Waals surface area contributed by atoms with Crippen molar-refractivity contribution in [2.24, 2.45) is 5.73 Å². The Hall–Kier alpha value is -0.0800. The van der Waals surface area contributed by atoms with E-state index in [4.69, 9.17) is 10.8 Å². The number of aliphatic hydroxyl groups is 1. The smallest absolute Gasteiger partial charge is 0.0553 e. The van der Waals surface area contributed by atoms with E-state index in [0.717, 1.165) is 0 Å². The van der Waals surface area contributed by atoms with Crippen molar-refractivity contribution in [3.63, 3.8) is 0 Å². The summed E-state index contributed by atoms with van der Waals surface area (Å²) in [5.41, 5.74) is 4.78. The molecule has 0 aromatic carbocycles. The average molecular weight is 63.1 g/mol. The molecule has 0 unspecified atom stereocenters. The Bertz CT molecular complexity index is 11.6. The van der Waals surface area contributed by atoms with Gasteiger partial charge in [-0.05, 0) is 0 Å². The van der Waals surface area contributed by atoms with Gasteiger partial charge in [-0.2, -0.15) is 0 Å². The van der Waals surface area contributed by atoms with Crippen molar-refractivity contribution in [1.82, 2.24) is 0 Å². The summed E-state index contributed by atoms with van der Waals surface area (Å²) >= 11 is 0. The molecule has 0 saturated heterocycles. The first-order chi connectivity index (χ1) is 1.91. The molecule has 0 bridgehead atoms. The second-order valence-corrected chi connectivity index (χ2v) is 0.512. The van der Waals surface area contributed by atoms with Gasteiger partial charge in [-0.1, -0.05) is 0 Å². The molecule has 0 saturated carbocycles. The molecule has 0 rings (SSSR count). The SMILES string of the molecule is NCCO.[HH]. The highest BCUT2D eigenvalue weighted by atomic mass is 16.3. The molecule has 0 atom stereocenters. The molecule has 3 N–H and O–H groups in total. The van der Waals surface area contributed by atoms with Crippen LogP contribution in [0.25, 0.3) is 0 Å². The third-order valence-electron chi connectivity index (χ3n) is 0.129. The lowest BCUT2D eigenvalue weighted by Crippen LogP contribution is -2.02. The van der Waals surface area contributed by atoms with Gasteiger partial charge in [0.25, 0.3) is 0 Å². The topological polar surface area (TPSA) is 46.2 Å². The zero-order chi connectivity index (χ0) is 3.41. The molecular weight excluding hydrogens is 54.0 g/mol. The van der Waals surface area contributed by atoms with Crippen LogP contribution in [0, 0.1) is 0 Å². The van der Waals surface area contributed by atoms with Gasteiger partial charge in [-0.15, -0.1) is 0 Å². The number of nitrogens with two attached hydrogens (primary N) is 1. The molecule has 0 spiro atoms. The van der Waals surface area contributed by atoms with Gasteiger partial charge in [0.2, 0.25) is 0 Å². The molecule has 0 aromatic heterocycles. The van der Waals surface area contributed by atoms with Crippen LogP contribution in [0.15, 0.2) is 0 Å². The van der Waals surface area contributed by atoms with Crippen molar-refractivity contribution < 1.29 is 6.53 Å². The van der Waals surface area contributed by atoms with E-state index in [2.05, 4.69) is 0 Å². The van der Waals surface area contributed by atoms with Gasteiger partial charge in [0.1, 0.15) is 0 Å². The minimum atomic E-state index is 0. The third-order valence-corrected chi connectivity index (χ3v) is 0.129. The highest BCUT2D eigenvalue weighted by Gasteiger charge is 1.56. The lowest BCUT2D eigenvalue weighted by molar-refractivity contribution is 0.306. The van der Waals surface area contributed by atoms with Crippen molar-refractivity contribution in [1.29, 1.82) is 0 Å². The summed E-state index contributed by atoms with van der Waals surface area (Å²) in [5.74, 6) is 0. The lowest BCUT2D eigenvalue weighted by Gasteiger charge is -1.71. The second kappa shape index (κ2) is 2.92. The highest BCUT2D eigenvalue weighted by Crippen LogP contribution is 1.33. The van der Waals surface area contributed by atoms with Crippen LogP contribution in [0.2, 0.25) is 0 Å². The Morgan fingerprint density at radius 1 is 2.00 bits per heavy atom. The largest absolute Gasteiger partial charge is 0.395 e. The van der Waals surface area contributed by atoms with Gasteiger partial charge in [0.15, 0.2) is 0 Å². The van der Waals surface area contributed by atoms with Crippen LogP contribution < -0.4 is 5.73 Å². The molecule has 0 aromatic rings. The fourth-order valence-electron chi connectivity index (χ4n) is 0. The summed E-state index contributed by atoms with van der Waals surface area (Å²) in [4.78, 5) is 0. The average Bonchev–Trinajstić information content (AvgIpc) is 1.37. The normalized spacial score (nSPS) is 7.50. The Labute approximate surface area is 26.7 Å². The van der Waals surface area contributed by atoms with Gasteiger partial charge < -0.3 is 10.8 Å². The standard InChI is InChI=1S/C2H7NO.H2/c3-1-2-4;/h4H,1-3H2;1H. The first-order valence-corrected chi connectivity index (χ1v) is 1.22. The highest BCUT2D eigenvalue weighted by molar-refractivity contribution is 4.17. The van der Waals surface area contributed by atoms with E-state index in [9.17, 15) is 0 Å². The molecule has 0 heterocycles. The van der Waals surface area contributed by atoms with Crippen LogP contribution >= 0.6 is 0 Å². The summed E-state index contributed by atoms with van der Waals surface area (Å²) in [5, 5.41) is 7.75. The molecule has 0 radical (unpaired) electrons.